The Labute approximate surface area is 84.7 Å². The van der Waals surface area contributed by atoms with Crippen molar-refractivity contribution in [2.45, 2.75) is 26.7 Å². The van der Waals surface area contributed by atoms with Gasteiger partial charge in [-0.25, -0.2) is 0 Å². The molecule has 0 aliphatic heterocycles. The first-order chi connectivity index (χ1) is 5.11. The van der Waals surface area contributed by atoms with Crippen LogP contribution < -0.4 is 0 Å². The molecule has 0 heterocycles. The molecule has 12 heavy (non-hydrogen) atoms. The molecule has 0 fully saturated rings. The van der Waals surface area contributed by atoms with Gasteiger partial charge in [0.25, 0.3) is 0 Å². The van der Waals surface area contributed by atoms with Gasteiger partial charge in [0.2, 0.25) is 0 Å². The Bertz CT molecular complexity index is 228. The lowest BCUT2D eigenvalue weighted by Crippen LogP contribution is -2.14. The third kappa shape index (κ3) is 2.62. The molecule has 1 nitrogen and oxygen atoms in total. The van der Waals surface area contributed by atoms with Gasteiger partial charge in [0.1, 0.15) is 0 Å². The summed E-state index contributed by atoms with van der Waals surface area (Å²) in [5, 5.41) is 0. The standard InChI is InChI=1S/C10H14O.Al/c1-7(2)9-5-4-8(3)10(11)6-9;/h4,9H,1,5-6H2,2-3H3;. The molecule has 0 bridgehead atoms. The van der Waals surface area contributed by atoms with Crippen LogP contribution in [-0.4, -0.2) is 23.1 Å². The first-order valence-electron chi connectivity index (χ1n) is 3.96. The van der Waals surface area contributed by atoms with Crippen LogP contribution in [0.25, 0.3) is 0 Å². The molecular weight excluding hydrogens is 163 g/mol. The summed E-state index contributed by atoms with van der Waals surface area (Å²) in [6.07, 6.45) is 3.68. The molecule has 1 rings (SSSR count). The van der Waals surface area contributed by atoms with Gasteiger partial charge in [-0.2, -0.15) is 0 Å². The number of ketones is 1. The molecule has 0 saturated heterocycles. The summed E-state index contributed by atoms with van der Waals surface area (Å²) in [5.74, 6) is 0.676. The predicted octanol–water partition coefficient (Wildman–Crippen LogP) is 2.11. The normalized spacial score (nSPS) is 22.7. The van der Waals surface area contributed by atoms with Gasteiger partial charge in [0, 0.05) is 23.8 Å². The quantitative estimate of drug-likeness (QED) is 0.443. The first-order valence-corrected chi connectivity index (χ1v) is 3.96. The Balaban J connectivity index is 0.00000121. The fourth-order valence-electron chi connectivity index (χ4n) is 1.28. The Kier molecular flexibility index (Phi) is 4.52. The number of rotatable bonds is 1. The van der Waals surface area contributed by atoms with Gasteiger partial charge >= 0.3 is 0 Å². The summed E-state index contributed by atoms with van der Waals surface area (Å²) < 4.78 is 0. The van der Waals surface area contributed by atoms with Crippen molar-refractivity contribution in [3.05, 3.63) is 23.8 Å². The molecule has 1 atom stereocenters. The third-order valence-corrected chi connectivity index (χ3v) is 2.28. The molecule has 0 aromatic carbocycles. The van der Waals surface area contributed by atoms with Crippen LogP contribution >= 0.6 is 0 Å². The first kappa shape index (κ1) is 11.7. The summed E-state index contributed by atoms with van der Waals surface area (Å²) in [5.41, 5.74) is 2.05. The molecule has 0 amide bonds. The molecule has 1 aliphatic carbocycles. The van der Waals surface area contributed by atoms with E-state index in [0.717, 1.165) is 17.6 Å². The zero-order chi connectivity index (χ0) is 8.43. The van der Waals surface area contributed by atoms with Crippen molar-refractivity contribution < 1.29 is 4.79 Å². The van der Waals surface area contributed by atoms with E-state index in [-0.39, 0.29) is 23.1 Å². The van der Waals surface area contributed by atoms with E-state index in [1.165, 1.54) is 0 Å². The Morgan fingerprint density at radius 3 is 2.67 bits per heavy atom. The van der Waals surface area contributed by atoms with Crippen LogP contribution in [0.2, 0.25) is 0 Å². The van der Waals surface area contributed by atoms with Gasteiger partial charge < -0.3 is 0 Å². The highest BCUT2D eigenvalue weighted by molar-refractivity contribution is 5.95. The number of carbonyl (C=O) groups excluding carboxylic acids is 1. The van der Waals surface area contributed by atoms with Crippen molar-refractivity contribution in [3.8, 4) is 0 Å². The zero-order valence-corrected chi connectivity index (χ0v) is 8.92. The zero-order valence-electron chi connectivity index (χ0n) is 7.76. The summed E-state index contributed by atoms with van der Waals surface area (Å²) in [6, 6.07) is 0. The highest BCUT2D eigenvalue weighted by Gasteiger charge is 2.18. The lowest BCUT2D eigenvalue weighted by molar-refractivity contribution is -0.116. The lowest BCUT2D eigenvalue weighted by atomic mass is 9.85. The van der Waals surface area contributed by atoms with Crippen LogP contribution in [0.15, 0.2) is 23.8 Å². The number of hydrogen-bond donors (Lipinski definition) is 0. The molecule has 0 N–H and O–H groups in total. The number of carbonyl (C=O) groups is 1. The largest absolute Gasteiger partial charge is 0.295 e. The number of allylic oxidation sites excluding steroid dienone is 3. The smallest absolute Gasteiger partial charge is 0.158 e. The molecule has 3 radical (unpaired) electrons. The van der Waals surface area contributed by atoms with Crippen molar-refractivity contribution in [1.29, 1.82) is 0 Å². The van der Waals surface area contributed by atoms with Crippen molar-refractivity contribution >= 4 is 23.1 Å². The van der Waals surface area contributed by atoms with E-state index in [1.807, 2.05) is 19.9 Å². The van der Waals surface area contributed by atoms with Crippen LogP contribution in [-0.2, 0) is 4.79 Å². The number of hydrogen-bond acceptors (Lipinski definition) is 1. The molecule has 1 unspecified atom stereocenters. The topological polar surface area (TPSA) is 17.1 Å². The van der Waals surface area contributed by atoms with Crippen LogP contribution in [0.3, 0.4) is 0 Å². The highest BCUT2D eigenvalue weighted by atomic mass is 27.0. The van der Waals surface area contributed by atoms with E-state index in [1.54, 1.807) is 0 Å². The average molecular weight is 177 g/mol. The molecule has 63 valence electrons. The van der Waals surface area contributed by atoms with Gasteiger partial charge in [-0.15, -0.1) is 0 Å². The van der Waals surface area contributed by atoms with Crippen molar-refractivity contribution in [1.82, 2.24) is 0 Å². The van der Waals surface area contributed by atoms with E-state index in [9.17, 15) is 4.79 Å². The van der Waals surface area contributed by atoms with E-state index in [2.05, 4.69) is 6.58 Å². The lowest BCUT2D eigenvalue weighted by Gasteiger charge is -2.18. The second-order valence-corrected chi connectivity index (χ2v) is 3.29. The van der Waals surface area contributed by atoms with Crippen molar-refractivity contribution in [2.24, 2.45) is 5.92 Å². The SMILES string of the molecule is C=C(C)C1CC=C(C)C(=O)C1.[Al]. The Morgan fingerprint density at radius 2 is 2.25 bits per heavy atom. The maximum Gasteiger partial charge on any atom is 0.158 e. The molecular formula is C10H14AlO. The highest BCUT2D eigenvalue weighted by Crippen LogP contribution is 2.25. The van der Waals surface area contributed by atoms with E-state index in [4.69, 9.17) is 0 Å². The van der Waals surface area contributed by atoms with Crippen molar-refractivity contribution in [3.63, 3.8) is 0 Å². The Morgan fingerprint density at radius 1 is 1.67 bits per heavy atom. The second-order valence-electron chi connectivity index (χ2n) is 3.29. The molecule has 0 spiro atoms. The van der Waals surface area contributed by atoms with Crippen LogP contribution in [0.5, 0.6) is 0 Å². The predicted molar refractivity (Wildman–Crippen MR) is 52.1 cm³/mol. The molecule has 0 aromatic rings. The summed E-state index contributed by atoms with van der Waals surface area (Å²) in [7, 11) is 0. The van der Waals surface area contributed by atoms with E-state index < -0.39 is 0 Å². The maximum absolute atomic E-state index is 11.2. The summed E-state index contributed by atoms with van der Waals surface area (Å²) in [4.78, 5) is 11.2. The maximum atomic E-state index is 11.2. The van der Waals surface area contributed by atoms with Gasteiger partial charge in [0.15, 0.2) is 5.78 Å². The monoisotopic (exact) mass is 177 g/mol. The Hall–Kier alpha value is -0.318. The van der Waals surface area contributed by atoms with Crippen LogP contribution in [0, 0.1) is 5.92 Å². The molecule has 2 heteroatoms. The number of Topliss-reactive ketones (excluding diaryl/α,β-unsaturated/α-hetero) is 1. The molecule has 0 saturated carbocycles. The van der Waals surface area contributed by atoms with Crippen LogP contribution in [0.1, 0.15) is 26.7 Å². The van der Waals surface area contributed by atoms with Crippen molar-refractivity contribution in [2.75, 3.05) is 0 Å². The van der Waals surface area contributed by atoms with E-state index in [0.29, 0.717) is 12.3 Å². The average Bonchev–Trinajstić information content (AvgIpc) is 1.94. The van der Waals surface area contributed by atoms with Crippen LogP contribution in [0.4, 0.5) is 0 Å². The summed E-state index contributed by atoms with van der Waals surface area (Å²) in [6.45, 7) is 7.74. The van der Waals surface area contributed by atoms with Gasteiger partial charge in [-0.1, -0.05) is 18.2 Å². The van der Waals surface area contributed by atoms with Gasteiger partial charge in [0.05, 0.1) is 0 Å². The van der Waals surface area contributed by atoms with Gasteiger partial charge in [-0.05, 0) is 31.8 Å². The minimum absolute atomic E-state index is 0. The van der Waals surface area contributed by atoms with Gasteiger partial charge in [-0.3, -0.25) is 4.79 Å². The second kappa shape index (κ2) is 4.65. The molecule has 1 aliphatic rings. The fourth-order valence-corrected chi connectivity index (χ4v) is 1.28. The third-order valence-electron chi connectivity index (χ3n) is 2.28. The fraction of sp³-hybridized carbons (Fsp3) is 0.500. The minimum atomic E-state index is 0. The minimum Gasteiger partial charge on any atom is -0.295 e. The molecule has 0 aromatic heterocycles. The van der Waals surface area contributed by atoms with E-state index >= 15 is 0 Å². The summed E-state index contributed by atoms with van der Waals surface area (Å²) >= 11 is 0.